The highest BCUT2D eigenvalue weighted by atomic mass is 16.5. The largest absolute Gasteiger partial charge is 0.494 e. The van der Waals surface area contributed by atoms with Crippen molar-refractivity contribution < 1.29 is 19.1 Å². The maximum Gasteiger partial charge on any atom is 0.339 e. The molecule has 4 aliphatic rings. The van der Waals surface area contributed by atoms with E-state index in [1.54, 1.807) is 17.2 Å². The second kappa shape index (κ2) is 11.5. The van der Waals surface area contributed by atoms with Crippen LogP contribution in [0, 0.1) is 0 Å². The van der Waals surface area contributed by atoms with Crippen molar-refractivity contribution in [2.24, 2.45) is 0 Å². The summed E-state index contributed by atoms with van der Waals surface area (Å²) in [7, 11) is 1.38. The molecule has 7 nitrogen and oxygen atoms in total. The molecular formula is C33H43N3O4. The second-order valence-corrected chi connectivity index (χ2v) is 12.0. The molecule has 3 fully saturated rings. The number of pyridine rings is 1. The fourth-order valence-electron chi connectivity index (χ4n) is 6.71. The van der Waals surface area contributed by atoms with Gasteiger partial charge >= 0.3 is 5.97 Å². The zero-order valence-corrected chi connectivity index (χ0v) is 24.3. The van der Waals surface area contributed by atoms with Crippen LogP contribution in [0.5, 0.6) is 5.75 Å². The molecule has 1 amide bonds. The highest BCUT2D eigenvalue weighted by Crippen LogP contribution is 2.51. The van der Waals surface area contributed by atoms with Gasteiger partial charge in [-0.3, -0.25) is 14.7 Å². The number of carbonyl (C=O) groups is 2. The maximum atomic E-state index is 13.6. The van der Waals surface area contributed by atoms with Gasteiger partial charge in [0.25, 0.3) is 5.91 Å². The van der Waals surface area contributed by atoms with Gasteiger partial charge in [0.1, 0.15) is 5.75 Å². The first-order chi connectivity index (χ1) is 19.5. The highest BCUT2D eigenvalue weighted by Gasteiger charge is 2.36. The van der Waals surface area contributed by atoms with Crippen LogP contribution in [0.2, 0.25) is 0 Å². The van der Waals surface area contributed by atoms with Crippen molar-refractivity contribution in [3.63, 3.8) is 0 Å². The minimum atomic E-state index is -0.418. The Hall–Kier alpha value is -2.93. The smallest absolute Gasteiger partial charge is 0.339 e. The van der Waals surface area contributed by atoms with Gasteiger partial charge in [-0.05, 0) is 87.0 Å². The van der Waals surface area contributed by atoms with Crippen LogP contribution in [-0.4, -0.2) is 66.1 Å². The molecule has 6 rings (SSSR count). The van der Waals surface area contributed by atoms with E-state index in [9.17, 15) is 9.59 Å². The number of methoxy groups -OCH3 is 1. The second-order valence-electron chi connectivity index (χ2n) is 12.0. The minimum Gasteiger partial charge on any atom is -0.494 e. The lowest BCUT2D eigenvalue weighted by atomic mass is 9.94. The molecule has 2 aliphatic heterocycles. The van der Waals surface area contributed by atoms with Crippen molar-refractivity contribution in [2.75, 3.05) is 33.4 Å². The summed E-state index contributed by atoms with van der Waals surface area (Å²) < 4.78 is 11.2. The molecule has 214 valence electrons. The summed E-state index contributed by atoms with van der Waals surface area (Å²) in [6.45, 7) is 8.32. The van der Waals surface area contributed by atoms with Crippen LogP contribution < -0.4 is 4.74 Å². The molecule has 7 heteroatoms. The number of esters is 1. The number of likely N-dealkylation sites (tertiary alicyclic amines) is 1. The first-order valence-corrected chi connectivity index (χ1v) is 15.4. The monoisotopic (exact) mass is 545 g/mol. The lowest BCUT2D eigenvalue weighted by Crippen LogP contribution is -2.50. The number of amides is 1. The molecule has 2 aromatic rings. The van der Waals surface area contributed by atoms with E-state index in [-0.39, 0.29) is 11.9 Å². The molecule has 1 aromatic heterocycles. The van der Waals surface area contributed by atoms with Crippen molar-refractivity contribution in [1.82, 2.24) is 14.8 Å². The van der Waals surface area contributed by atoms with E-state index in [0.29, 0.717) is 30.7 Å². The van der Waals surface area contributed by atoms with E-state index in [0.717, 1.165) is 74.3 Å². The molecule has 1 aromatic carbocycles. The summed E-state index contributed by atoms with van der Waals surface area (Å²) in [6, 6.07) is 6.77. The van der Waals surface area contributed by atoms with Gasteiger partial charge in [-0.2, -0.15) is 0 Å². The number of piperidine rings is 1. The number of carbonyl (C=O) groups excluding carboxylic acids is 2. The number of aromatic nitrogens is 1. The third-order valence-corrected chi connectivity index (χ3v) is 9.15. The summed E-state index contributed by atoms with van der Waals surface area (Å²) >= 11 is 0. The number of ether oxygens (including phenoxy) is 2. The van der Waals surface area contributed by atoms with E-state index in [2.05, 4.69) is 30.9 Å². The van der Waals surface area contributed by atoms with Gasteiger partial charge in [0.05, 0.1) is 36.2 Å². The summed E-state index contributed by atoms with van der Waals surface area (Å²) in [6.07, 6.45) is 9.49. The summed E-state index contributed by atoms with van der Waals surface area (Å²) in [5, 5.41) is 0. The van der Waals surface area contributed by atoms with Crippen molar-refractivity contribution in [1.29, 1.82) is 0 Å². The predicted molar refractivity (Wildman–Crippen MR) is 154 cm³/mol. The van der Waals surface area contributed by atoms with Gasteiger partial charge in [0.15, 0.2) is 0 Å². The number of rotatable bonds is 10. The Bertz CT molecular complexity index is 1270. The first kappa shape index (κ1) is 27.3. The number of fused-ring (bicyclic) bond motifs is 1. The van der Waals surface area contributed by atoms with Crippen LogP contribution in [0.15, 0.2) is 18.2 Å². The van der Waals surface area contributed by atoms with Crippen LogP contribution in [-0.2, 0) is 24.1 Å². The highest BCUT2D eigenvalue weighted by molar-refractivity contribution is 6.00. The molecule has 1 saturated heterocycles. The summed E-state index contributed by atoms with van der Waals surface area (Å²) in [5.41, 5.74) is 7.00. The molecule has 0 atom stereocenters. The maximum absolute atomic E-state index is 13.6. The minimum absolute atomic E-state index is 0.00349. The number of nitrogens with zero attached hydrogens (tertiary/aromatic N) is 3. The zero-order valence-electron chi connectivity index (χ0n) is 24.3. The first-order valence-electron chi connectivity index (χ1n) is 15.4. The fourth-order valence-corrected chi connectivity index (χ4v) is 6.71. The Morgan fingerprint density at radius 1 is 0.975 bits per heavy atom. The van der Waals surface area contributed by atoms with E-state index in [1.165, 1.54) is 38.4 Å². The molecule has 2 aliphatic carbocycles. The Morgan fingerprint density at radius 2 is 1.68 bits per heavy atom. The Kier molecular flexibility index (Phi) is 7.84. The van der Waals surface area contributed by atoms with E-state index >= 15 is 0 Å². The number of hydrogen-bond acceptors (Lipinski definition) is 6. The molecule has 0 N–H and O–H groups in total. The molecule has 0 unspecified atom stereocenters. The van der Waals surface area contributed by atoms with Gasteiger partial charge in [0.2, 0.25) is 0 Å². The van der Waals surface area contributed by atoms with E-state index < -0.39 is 5.97 Å². The number of benzene rings is 1. The van der Waals surface area contributed by atoms with Crippen molar-refractivity contribution in [2.45, 2.75) is 96.1 Å². The number of hydrogen-bond donors (Lipinski definition) is 0. The average Bonchev–Trinajstić information content (AvgIpc) is 3.88. The lowest BCUT2D eigenvalue weighted by molar-refractivity contribution is 0.0542. The average molecular weight is 546 g/mol. The topological polar surface area (TPSA) is 72.0 Å². The fraction of sp³-hybridized carbons (Fsp3) is 0.606. The van der Waals surface area contributed by atoms with Gasteiger partial charge in [-0.25, -0.2) is 4.79 Å². The van der Waals surface area contributed by atoms with Crippen LogP contribution in [0.4, 0.5) is 0 Å². The molecular weight excluding hydrogens is 502 g/mol. The SMILES string of the molecule is CCCc1nc2c(cc1C(=O)OC)C(=O)N(C1CCN(Cc3cc(C4CC4)c(C4CC4)cc3OCC)CC1)CC2. The van der Waals surface area contributed by atoms with Crippen LogP contribution >= 0.6 is 0 Å². The molecule has 2 saturated carbocycles. The van der Waals surface area contributed by atoms with Crippen molar-refractivity contribution in [3.8, 4) is 5.75 Å². The standard InChI is InChI=1S/C33H43N3O4/c1-4-6-29-28(33(38)39-3)18-27-30(34-29)13-16-36(32(27)37)24-11-14-35(15-12-24)20-23-17-25(21-7-8-21)26(22-9-10-22)19-31(23)40-5-2/h17-19,21-22,24H,4-16,20H2,1-3H3. The summed E-state index contributed by atoms with van der Waals surface area (Å²) in [5.74, 6) is 2.14. The quantitative estimate of drug-likeness (QED) is 0.360. The molecule has 0 spiro atoms. The van der Waals surface area contributed by atoms with Gasteiger partial charge in [-0.15, -0.1) is 0 Å². The van der Waals surface area contributed by atoms with Gasteiger partial charge in [-0.1, -0.05) is 19.4 Å². The zero-order chi connectivity index (χ0) is 27.8. The normalized spacial score (nSPS) is 20.0. The van der Waals surface area contributed by atoms with Crippen LogP contribution in [0.25, 0.3) is 0 Å². The van der Waals surface area contributed by atoms with Gasteiger partial charge in [0, 0.05) is 44.2 Å². The third-order valence-electron chi connectivity index (χ3n) is 9.15. The van der Waals surface area contributed by atoms with Crippen molar-refractivity contribution in [3.05, 3.63) is 57.4 Å². The molecule has 3 heterocycles. The third kappa shape index (κ3) is 5.50. The Labute approximate surface area is 238 Å². The van der Waals surface area contributed by atoms with E-state index in [4.69, 9.17) is 14.5 Å². The lowest BCUT2D eigenvalue weighted by Gasteiger charge is -2.40. The molecule has 0 radical (unpaired) electrons. The predicted octanol–water partition coefficient (Wildman–Crippen LogP) is 5.64. The summed E-state index contributed by atoms with van der Waals surface area (Å²) in [4.78, 5) is 35.4. The van der Waals surface area contributed by atoms with Gasteiger partial charge < -0.3 is 14.4 Å². The van der Waals surface area contributed by atoms with Crippen molar-refractivity contribution >= 4 is 11.9 Å². The molecule has 0 bridgehead atoms. The number of aryl methyl sites for hydroxylation is 1. The Balaban J connectivity index is 1.14. The van der Waals surface area contributed by atoms with E-state index in [1.807, 2.05) is 4.90 Å². The van der Waals surface area contributed by atoms with Crippen LogP contribution in [0.3, 0.4) is 0 Å². The molecule has 40 heavy (non-hydrogen) atoms. The van der Waals surface area contributed by atoms with Crippen LogP contribution in [0.1, 0.15) is 119 Å². The Morgan fingerprint density at radius 3 is 2.30 bits per heavy atom.